The van der Waals surface area contributed by atoms with Crippen LogP contribution in [0.5, 0.6) is 5.75 Å². The summed E-state index contributed by atoms with van der Waals surface area (Å²) in [5, 5.41) is 2.96. The van der Waals surface area contributed by atoms with E-state index < -0.39 is 0 Å². The van der Waals surface area contributed by atoms with Crippen molar-refractivity contribution in [2.75, 3.05) is 18.5 Å². The van der Waals surface area contributed by atoms with Crippen LogP contribution < -0.4 is 15.8 Å². The highest BCUT2D eigenvalue weighted by Crippen LogP contribution is 2.45. The van der Waals surface area contributed by atoms with Gasteiger partial charge in [-0.2, -0.15) is 0 Å². The highest BCUT2D eigenvalue weighted by molar-refractivity contribution is 5.97. The zero-order valence-electron chi connectivity index (χ0n) is 11.0. The molecule has 1 aromatic rings. The number of rotatable bonds is 5. The van der Waals surface area contributed by atoms with Crippen LogP contribution in [0.25, 0.3) is 0 Å². The Morgan fingerprint density at radius 1 is 1.50 bits per heavy atom. The topological polar surface area (TPSA) is 64.3 Å². The zero-order valence-corrected chi connectivity index (χ0v) is 11.0. The summed E-state index contributed by atoms with van der Waals surface area (Å²) in [4.78, 5) is 12.1. The summed E-state index contributed by atoms with van der Waals surface area (Å²) in [6.07, 6.45) is 1.79. The quantitative estimate of drug-likeness (QED) is 0.838. The molecule has 0 atom stereocenters. The summed E-state index contributed by atoms with van der Waals surface area (Å²) >= 11 is 0. The molecular weight excluding hydrogens is 228 g/mol. The van der Waals surface area contributed by atoms with E-state index >= 15 is 0 Å². The molecule has 1 saturated carbocycles. The third-order valence-corrected chi connectivity index (χ3v) is 3.48. The van der Waals surface area contributed by atoms with E-state index in [9.17, 15) is 4.79 Å². The Hall–Kier alpha value is -1.55. The van der Waals surface area contributed by atoms with Gasteiger partial charge in [-0.25, -0.2) is 0 Å². The van der Waals surface area contributed by atoms with E-state index in [-0.39, 0.29) is 11.3 Å². The number of aryl methyl sites for hydroxylation is 1. The molecule has 4 heteroatoms. The Labute approximate surface area is 108 Å². The van der Waals surface area contributed by atoms with Gasteiger partial charge in [0.15, 0.2) is 0 Å². The largest absolute Gasteiger partial charge is 0.494 e. The van der Waals surface area contributed by atoms with Gasteiger partial charge in [0.25, 0.3) is 0 Å². The Morgan fingerprint density at radius 2 is 2.22 bits per heavy atom. The lowest BCUT2D eigenvalue weighted by atomic mass is 10.1. The molecule has 0 radical (unpaired) electrons. The third kappa shape index (κ3) is 2.48. The minimum Gasteiger partial charge on any atom is -0.494 e. The molecule has 98 valence electrons. The predicted octanol–water partition coefficient (Wildman–Crippen LogP) is 2.07. The maximum absolute atomic E-state index is 12.1. The normalized spacial score (nSPS) is 16.2. The molecule has 3 N–H and O–H groups in total. The van der Waals surface area contributed by atoms with Crippen molar-refractivity contribution in [1.29, 1.82) is 0 Å². The van der Waals surface area contributed by atoms with E-state index in [0.717, 1.165) is 29.8 Å². The first-order chi connectivity index (χ1) is 8.61. The summed E-state index contributed by atoms with van der Waals surface area (Å²) in [5.41, 5.74) is 7.17. The van der Waals surface area contributed by atoms with Crippen molar-refractivity contribution in [2.45, 2.75) is 26.7 Å². The molecule has 1 fully saturated rings. The maximum atomic E-state index is 12.1. The number of carbonyl (C=O) groups excluding carboxylic acids is 1. The van der Waals surface area contributed by atoms with Crippen LogP contribution in [0.1, 0.15) is 25.3 Å². The van der Waals surface area contributed by atoms with E-state index in [0.29, 0.717) is 13.2 Å². The number of ether oxygens (including phenoxy) is 1. The minimum atomic E-state index is -0.314. The lowest BCUT2D eigenvalue weighted by Crippen LogP contribution is -2.31. The molecule has 1 aromatic carbocycles. The number of nitrogens with two attached hydrogens (primary N) is 1. The summed E-state index contributed by atoms with van der Waals surface area (Å²) < 4.78 is 5.41. The molecule has 0 unspecified atom stereocenters. The number of amides is 1. The fourth-order valence-corrected chi connectivity index (χ4v) is 1.96. The van der Waals surface area contributed by atoms with Crippen molar-refractivity contribution >= 4 is 11.6 Å². The minimum absolute atomic E-state index is 0.0391. The number of hydrogen-bond donors (Lipinski definition) is 2. The molecule has 0 heterocycles. The number of hydrogen-bond acceptors (Lipinski definition) is 3. The molecule has 0 spiro atoms. The smallest absolute Gasteiger partial charge is 0.231 e. The zero-order chi connectivity index (χ0) is 13.2. The second kappa shape index (κ2) is 4.98. The highest BCUT2D eigenvalue weighted by Gasteiger charge is 2.48. The van der Waals surface area contributed by atoms with Gasteiger partial charge in [-0.05, 0) is 50.5 Å². The molecule has 0 aromatic heterocycles. The van der Waals surface area contributed by atoms with Gasteiger partial charge < -0.3 is 15.8 Å². The van der Waals surface area contributed by atoms with Crippen molar-refractivity contribution in [2.24, 2.45) is 11.1 Å². The molecule has 18 heavy (non-hydrogen) atoms. The number of benzene rings is 1. The van der Waals surface area contributed by atoms with Crippen molar-refractivity contribution < 1.29 is 9.53 Å². The molecule has 0 bridgehead atoms. The Balaban J connectivity index is 2.08. The van der Waals surface area contributed by atoms with Gasteiger partial charge in [-0.3, -0.25) is 4.79 Å². The summed E-state index contributed by atoms with van der Waals surface area (Å²) in [6.45, 7) is 4.97. The molecule has 2 rings (SSSR count). The third-order valence-electron chi connectivity index (χ3n) is 3.48. The molecule has 1 aliphatic carbocycles. The average Bonchev–Trinajstić information content (AvgIpc) is 3.14. The van der Waals surface area contributed by atoms with Gasteiger partial charge in [0.2, 0.25) is 5.91 Å². The molecule has 1 aliphatic rings. The van der Waals surface area contributed by atoms with Gasteiger partial charge in [0.05, 0.1) is 12.0 Å². The number of nitrogens with one attached hydrogen (secondary N) is 1. The standard InChI is InChI=1S/C14H20N2O2/c1-3-18-11-4-5-12(10(2)8-11)16-13(17)14(9-15)6-7-14/h4-5,8H,3,6-7,9,15H2,1-2H3,(H,16,17). The van der Waals surface area contributed by atoms with Gasteiger partial charge in [0, 0.05) is 12.2 Å². The Bertz CT molecular complexity index is 453. The highest BCUT2D eigenvalue weighted by atomic mass is 16.5. The first-order valence-corrected chi connectivity index (χ1v) is 6.36. The molecule has 0 saturated heterocycles. The van der Waals surface area contributed by atoms with Crippen LogP contribution >= 0.6 is 0 Å². The molecular formula is C14H20N2O2. The van der Waals surface area contributed by atoms with Crippen LogP contribution in [-0.4, -0.2) is 19.1 Å². The van der Waals surface area contributed by atoms with Crippen molar-refractivity contribution in [1.82, 2.24) is 0 Å². The molecule has 4 nitrogen and oxygen atoms in total. The van der Waals surface area contributed by atoms with E-state index in [2.05, 4.69) is 5.32 Å². The van der Waals surface area contributed by atoms with Crippen LogP contribution in [-0.2, 0) is 4.79 Å². The number of anilines is 1. The monoisotopic (exact) mass is 248 g/mol. The fourth-order valence-electron chi connectivity index (χ4n) is 1.96. The SMILES string of the molecule is CCOc1ccc(NC(=O)C2(CN)CC2)c(C)c1. The second-order valence-electron chi connectivity index (χ2n) is 4.85. The summed E-state index contributed by atoms with van der Waals surface area (Å²) in [5.74, 6) is 0.866. The van der Waals surface area contributed by atoms with Crippen LogP contribution in [0.4, 0.5) is 5.69 Å². The summed E-state index contributed by atoms with van der Waals surface area (Å²) in [6, 6.07) is 5.68. The first kappa shape index (κ1) is 12.9. The van der Waals surface area contributed by atoms with E-state index in [1.54, 1.807) is 0 Å². The van der Waals surface area contributed by atoms with Gasteiger partial charge in [-0.15, -0.1) is 0 Å². The molecule has 1 amide bonds. The van der Waals surface area contributed by atoms with Crippen LogP contribution in [0.2, 0.25) is 0 Å². The van der Waals surface area contributed by atoms with Gasteiger partial charge in [0.1, 0.15) is 5.75 Å². The van der Waals surface area contributed by atoms with Crippen molar-refractivity contribution in [3.05, 3.63) is 23.8 Å². The second-order valence-corrected chi connectivity index (χ2v) is 4.85. The van der Waals surface area contributed by atoms with E-state index in [4.69, 9.17) is 10.5 Å². The maximum Gasteiger partial charge on any atom is 0.231 e. The van der Waals surface area contributed by atoms with Crippen LogP contribution in [0.3, 0.4) is 0 Å². The lowest BCUT2D eigenvalue weighted by molar-refractivity contribution is -0.120. The summed E-state index contributed by atoms with van der Waals surface area (Å²) in [7, 11) is 0. The van der Waals surface area contributed by atoms with E-state index in [1.807, 2.05) is 32.0 Å². The lowest BCUT2D eigenvalue weighted by Gasteiger charge is -2.15. The van der Waals surface area contributed by atoms with Gasteiger partial charge in [-0.1, -0.05) is 0 Å². The first-order valence-electron chi connectivity index (χ1n) is 6.36. The average molecular weight is 248 g/mol. The molecule has 0 aliphatic heterocycles. The fraction of sp³-hybridized carbons (Fsp3) is 0.500. The van der Waals surface area contributed by atoms with Crippen LogP contribution in [0.15, 0.2) is 18.2 Å². The van der Waals surface area contributed by atoms with Crippen molar-refractivity contribution in [3.63, 3.8) is 0 Å². The Morgan fingerprint density at radius 3 is 2.72 bits per heavy atom. The van der Waals surface area contributed by atoms with Crippen molar-refractivity contribution in [3.8, 4) is 5.75 Å². The Kier molecular flexibility index (Phi) is 3.57. The van der Waals surface area contributed by atoms with E-state index in [1.165, 1.54) is 0 Å². The van der Waals surface area contributed by atoms with Gasteiger partial charge >= 0.3 is 0 Å². The number of carbonyl (C=O) groups is 1. The predicted molar refractivity (Wildman–Crippen MR) is 71.7 cm³/mol. The van der Waals surface area contributed by atoms with Crippen LogP contribution in [0, 0.1) is 12.3 Å².